The topological polar surface area (TPSA) is 30.5 Å². The molecule has 4 heteroatoms. The predicted octanol–water partition coefficient (Wildman–Crippen LogP) is 3.32. The van der Waals surface area contributed by atoms with E-state index in [-0.39, 0.29) is 0 Å². The Labute approximate surface area is 123 Å². The Morgan fingerprint density at radius 2 is 1.95 bits per heavy atom. The van der Waals surface area contributed by atoms with Crippen LogP contribution in [0.25, 0.3) is 0 Å². The lowest BCUT2D eigenvalue weighted by molar-refractivity contribution is 0.381. The molecule has 0 spiro atoms. The molecular formula is C15H22BrNO2. The number of methoxy groups -OCH3 is 2. The van der Waals surface area contributed by atoms with Crippen molar-refractivity contribution in [1.82, 2.24) is 5.32 Å². The first kappa shape index (κ1) is 14.7. The van der Waals surface area contributed by atoms with E-state index in [9.17, 15) is 0 Å². The molecule has 1 aromatic rings. The fourth-order valence-corrected chi connectivity index (χ4v) is 3.61. The molecular weight excluding hydrogens is 306 g/mol. The highest BCUT2D eigenvalue weighted by Crippen LogP contribution is 2.41. The molecule has 1 aliphatic rings. The van der Waals surface area contributed by atoms with Crippen LogP contribution in [0.15, 0.2) is 10.5 Å². The lowest BCUT2D eigenvalue weighted by Crippen LogP contribution is -2.24. The summed E-state index contributed by atoms with van der Waals surface area (Å²) in [4.78, 5) is 0. The van der Waals surface area contributed by atoms with Crippen molar-refractivity contribution in [2.24, 2.45) is 0 Å². The van der Waals surface area contributed by atoms with E-state index in [2.05, 4.69) is 34.2 Å². The molecule has 0 aliphatic carbocycles. The van der Waals surface area contributed by atoms with Gasteiger partial charge in [0.05, 0.1) is 14.2 Å². The van der Waals surface area contributed by atoms with Crippen LogP contribution in [0, 0.1) is 0 Å². The average molecular weight is 328 g/mol. The van der Waals surface area contributed by atoms with Gasteiger partial charge in [0.2, 0.25) is 0 Å². The predicted molar refractivity (Wildman–Crippen MR) is 81.4 cm³/mol. The smallest absolute Gasteiger partial charge is 0.140 e. The van der Waals surface area contributed by atoms with Crippen LogP contribution in [0.1, 0.15) is 30.9 Å². The number of benzene rings is 1. The Kier molecular flexibility index (Phi) is 5.11. The second-order valence-electron chi connectivity index (χ2n) is 4.93. The first-order valence-corrected chi connectivity index (χ1v) is 7.66. The van der Waals surface area contributed by atoms with Gasteiger partial charge in [0.15, 0.2) is 0 Å². The van der Waals surface area contributed by atoms with E-state index >= 15 is 0 Å². The van der Waals surface area contributed by atoms with Gasteiger partial charge in [-0.1, -0.05) is 6.92 Å². The van der Waals surface area contributed by atoms with Crippen LogP contribution in [-0.2, 0) is 12.8 Å². The van der Waals surface area contributed by atoms with E-state index in [4.69, 9.17) is 9.47 Å². The Balaban J connectivity index is 2.37. The van der Waals surface area contributed by atoms with Crippen molar-refractivity contribution >= 4 is 15.9 Å². The molecule has 0 saturated carbocycles. The normalized spacial score (nSPS) is 18.6. The van der Waals surface area contributed by atoms with Gasteiger partial charge in [-0.25, -0.2) is 0 Å². The zero-order chi connectivity index (χ0) is 13.8. The molecule has 0 bridgehead atoms. The second-order valence-corrected chi connectivity index (χ2v) is 5.72. The fourth-order valence-electron chi connectivity index (χ4n) is 2.78. The molecule has 1 aromatic carbocycles. The third-order valence-corrected chi connectivity index (χ3v) is 4.47. The highest BCUT2D eigenvalue weighted by Gasteiger charge is 2.21. The summed E-state index contributed by atoms with van der Waals surface area (Å²) in [5.74, 6) is 1.80. The highest BCUT2D eigenvalue weighted by atomic mass is 79.9. The van der Waals surface area contributed by atoms with Crippen molar-refractivity contribution in [3.05, 3.63) is 21.7 Å². The van der Waals surface area contributed by atoms with Gasteiger partial charge in [-0.05, 0) is 65.4 Å². The van der Waals surface area contributed by atoms with Gasteiger partial charge in [-0.2, -0.15) is 0 Å². The highest BCUT2D eigenvalue weighted by molar-refractivity contribution is 9.10. The monoisotopic (exact) mass is 327 g/mol. The van der Waals surface area contributed by atoms with Crippen LogP contribution in [0.4, 0.5) is 0 Å². The quantitative estimate of drug-likeness (QED) is 0.899. The minimum Gasteiger partial charge on any atom is -0.495 e. The summed E-state index contributed by atoms with van der Waals surface area (Å²) in [6, 6.07) is 2.79. The Bertz CT molecular complexity index is 442. The largest absolute Gasteiger partial charge is 0.495 e. The third-order valence-electron chi connectivity index (χ3n) is 3.75. The van der Waals surface area contributed by atoms with Gasteiger partial charge >= 0.3 is 0 Å². The van der Waals surface area contributed by atoms with Gasteiger partial charge in [0, 0.05) is 6.04 Å². The molecule has 1 heterocycles. The zero-order valence-corrected chi connectivity index (χ0v) is 13.5. The summed E-state index contributed by atoms with van der Waals surface area (Å²) < 4.78 is 12.0. The molecule has 19 heavy (non-hydrogen) atoms. The zero-order valence-electron chi connectivity index (χ0n) is 11.9. The van der Waals surface area contributed by atoms with Crippen LogP contribution in [0.3, 0.4) is 0 Å². The minimum atomic E-state index is 0.568. The maximum atomic E-state index is 5.57. The maximum absolute atomic E-state index is 5.57. The van der Waals surface area contributed by atoms with E-state index in [0.717, 1.165) is 35.4 Å². The van der Waals surface area contributed by atoms with Crippen LogP contribution in [0.5, 0.6) is 11.5 Å². The van der Waals surface area contributed by atoms with Crippen LogP contribution in [0.2, 0.25) is 0 Å². The molecule has 0 amide bonds. The first-order chi connectivity index (χ1) is 9.21. The molecule has 1 aliphatic heterocycles. The maximum Gasteiger partial charge on any atom is 0.140 e. The van der Waals surface area contributed by atoms with E-state index in [1.165, 1.54) is 24.0 Å². The van der Waals surface area contributed by atoms with Crippen LogP contribution in [-0.4, -0.2) is 26.8 Å². The molecule has 1 atom stereocenters. The van der Waals surface area contributed by atoms with Crippen molar-refractivity contribution < 1.29 is 9.47 Å². The van der Waals surface area contributed by atoms with Gasteiger partial charge in [-0.15, -0.1) is 0 Å². The average Bonchev–Trinajstić information content (AvgIpc) is 2.91. The van der Waals surface area contributed by atoms with Crippen molar-refractivity contribution in [2.45, 2.75) is 38.6 Å². The summed E-state index contributed by atoms with van der Waals surface area (Å²) in [5.41, 5.74) is 2.48. The Hall–Kier alpha value is -0.740. The standard InChI is InChI=1S/C15H22BrNO2/c1-4-10-8-11(9-12-6-5-7-17-12)15(19-3)13(16)14(10)18-2/h8,12,17H,4-7,9H2,1-3H3. The first-order valence-electron chi connectivity index (χ1n) is 6.86. The lowest BCUT2D eigenvalue weighted by Gasteiger charge is -2.19. The molecule has 1 saturated heterocycles. The van der Waals surface area contributed by atoms with Crippen molar-refractivity contribution in [2.75, 3.05) is 20.8 Å². The number of hydrogen-bond acceptors (Lipinski definition) is 3. The van der Waals surface area contributed by atoms with E-state index in [1.54, 1.807) is 14.2 Å². The number of hydrogen-bond donors (Lipinski definition) is 1. The summed E-state index contributed by atoms with van der Waals surface area (Å²) in [5, 5.41) is 3.54. The molecule has 3 nitrogen and oxygen atoms in total. The van der Waals surface area contributed by atoms with Crippen molar-refractivity contribution in [1.29, 1.82) is 0 Å². The van der Waals surface area contributed by atoms with Crippen molar-refractivity contribution in [3.63, 3.8) is 0 Å². The van der Waals surface area contributed by atoms with Gasteiger partial charge in [-0.3, -0.25) is 0 Å². The summed E-state index contributed by atoms with van der Waals surface area (Å²) in [6.07, 6.45) is 4.48. The van der Waals surface area contributed by atoms with Gasteiger partial charge in [0.1, 0.15) is 16.0 Å². The summed E-state index contributed by atoms with van der Waals surface area (Å²) >= 11 is 3.62. The van der Waals surface area contributed by atoms with Gasteiger partial charge in [0.25, 0.3) is 0 Å². The number of ether oxygens (including phenoxy) is 2. The Morgan fingerprint density at radius 3 is 2.47 bits per heavy atom. The molecule has 106 valence electrons. The SMILES string of the molecule is CCc1cc(CC2CCCN2)c(OC)c(Br)c1OC. The van der Waals surface area contributed by atoms with Crippen LogP contribution < -0.4 is 14.8 Å². The third kappa shape index (κ3) is 3.06. The van der Waals surface area contributed by atoms with E-state index in [1.807, 2.05) is 0 Å². The van der Waals surface area contributed by atoms with Crippen LogP contribution >= 0.6 is 15.9 Å². The molecule has 1 unspecified atom stereocenters. The summed E-state index contributed by atoms with van der Waals surface area (Å²) in [7, 11) is 3.42. The molecule has 0 radical (unpaired) electrons. The Morgan fingerprint density at radius 1 is 1.26 bits per heavy atom. The van der Waals surface area contributed by atoms with Gasteiger partial charge < -0.3 is 14.8 Å². The number of halogens is 1. The number of rotatable bonds is 5. The number of nitrogens with one attached hydrogen (secondary N) is 1. The lowest BCUT2D eigenvalue weighted by atomic mass is 9.99. The number of aryl methyl sites for hydroxylation is 1. The molecule has 0 aromatic heterocycles. The minimum absolute atomic E-state index is 0.568. The van der Waals surface area contributed by atoms with E-state index < -0.39 is 0 Å². The van der Waals surface area contributed by atoms with E-state index in [0.29, 0.717) is 6.04 Å². The fraction of sp³-hybridized carbons (Fsp3) is 0.600. The molecule has 1 N–H and O–H groups in total. The van der Waals surface area contributed by atoms with Crippen molar-refractivity contribution in [3.8, 4) is 11.5 Å². The summed E-state index contributed by atoms with van der Waals surface area (Å²) in [6.45, 7) is 3.28. The molecule has 1 fully saturated rings. The second kappa shape index (κ2) is 6.62. The molecule has 2 rings (SSSR count).